The summed E-state index contributed by atoms with van der Waals surface area (Å²) in [5.74, 6) is 0. The van der Waals surface area contributed by atoms with Crippen LogP contribution in [0.1, 0.15) is 55.2 Å². The lowest BCUT2D eigenvalue weighted by Gasteiger charge is -2.42. The maximum absolute atomic E-state index is 13.2. The molecule has 1 aliphatic rings. The highest BCUT2D eigenvalue weighted by Crippen LogP contribution is 2.41. The van der Waals surface area contributed by atoms with Crippen LogP contribution in [0.15, 0.2) is 78.4 Å². The standard InChI is InChI=1S/C31H37Cl2NO3SSi/c1-31(2,3)30(37-39(5)6)24-9-7-8-23(18-24)29(38(4,35)36)25-19-34(20-25)28(21-10-14-26(32)15-11-21)22-12-16-27(33)17-13-22/h7-18,28,30,39H,19-20H2,1-6H3. The van der Waals surface area contributed by atoms with Crippen molar-refractivity contribution in [1.82, 2.24) is 4.90 Å². The third-order valence-corrected chi connectivity index (χ3v) is 9.45. The first-order valence-corrected chi connectivity index (χ1v) is 18.6. The van der Waals surface area contributed by atoms with E-state index in [9.17, 15) is 8.42 Å². The second kappa shape index (κ2) is 11.9. The molecule has 1 atom stereocenters. The molecule has 3 aromatic carbocycles. The topological polar surface area (TPSA) is 46.6 Å². The quantitative estimate of drug-likeness (QED) is 0.246. The van der Waals surface area contributed by atoms with Gasteiger partial charge in [0.05, 0.1) is 17.1 Å². The molecule has 4 rings (SSSR count). The van der Waals surface area contributed by atoms with Crippen LogP contribution in [0.5, 0.6) is 0 Å². The minimum absolute atomic E-state index is 0.0508. The van der Waals surface area contributed by atoms with Crippen molar-refractivity contribution in [2.45, 2.75) is 46.0 Å². The summed E-state index contributed by atoms with van der Waals surface area (Å²) in [5, 5.41) is 1.35. The highest BCUT2D eigenvalue weighted by molar-refractivity contribution is 8.00. The molecule has 0 spiro atoms. The van der Waals surface area contributed by atoms with Crippen molar-refractivity contribution in [3.63, 3.8) is 0 Å². The van der Waals surface area contributed by atoms with Crippen molar-refractivity contribution >= 4 is 47.0 Å². The molecule has 0 N–H and O–H groups in total. The molecule has 0 saturated carbocycles. The van der Waals surface area contributed by atoms with Crippen molar-refractivity contribution in [3.8, 4) is 0 Å². The van der Waals surface area contributed by atoms with E-state index in [1.54, 1.807) is 0 Å². The van der Waals surface area contributed by atoms with Gasteiger partial charge in [0.2, 0.25) is 0 Å². The molecule has 208 valence electrons. The molecule has 8 heteroatoms. The highest BCUT2D eigenvalue weighted by atomic mass is 35.5. The lowest BCUT2D eigenvalue weighted by atomic mass is 9.84. The van der Waals surface area contributed by atoms with Crippen LogP contribution in [-0.2, 0) is 14.3 Å². The van der Waals surface area contributed by atoms with Gasteiger partial charge in [-0.15, -0.1) is 0 Å². The second-order valence-electron chi connectivity index (χ2n) is 11.7. The van der Waals surface area contributed by atoms with Gasteiger partial charge in [-0.3, -0.25) is 4.90 Å². The van der Waals surface area contributed by atoms with E-state index < -0.39 is 18.9 Å². The smallest absolute Gasteiger partial charge is 0.176 e. The molecule has 0 bridgehead atoms. The first-order chi connectivity index (χ1) is 18.2. The van der Waals surface area contributed by atoms with Crippen molar-refractivity contribution in [2.24, 2.45) is 5.41 Å². The van der Waals surface area contributed by atoms with Gasteiger partial charge in [0.15, 0.2) is 18.9 Å². The van der Waals surface area contributed by atoms with E-state index in [4.69, 9.17) is 27.6 Å². The lowest BCUT2D eigenvalue weighted by Crippen LogP contribution is -2.44. The fourth-order valence-electron chi connectivity index (χ4n) is 5.25. The number of sulfone groups is 1. The molecule has 0 radical (unpaired) electrons. The van der Waals surface area contributed by atoms with Crippen LogP contribution in [0.3, 0.4) is 0 Å². The van der Waals surface area contributed by atoms with Crippen molar-refractivity contribution in [2.75, 3.05) is 19.3 Å². The number of benzene rings is 3. The van der Waals surface area contributed by atoms with Crippen LogP contribution in [0.25, 0.3) is 4.91 Å². The summed E-state index contributed by atoms with van der Waals surface area (Å²) in [6, 6.07) is 23.5. The van der Waals surface area contributed by atoms with Gasteiger partial charge in [-0.25, -0.2) is 8.42 Å². The van der Waals surface area contributed by atoms with E-state index in [-0.39, 0.29) is 17.6 Å². The Morgan fingerprint density at radius 3 is 1.82 bits per heavy atom. The molecule has 1 aliphatic heterocycles. The van der Waals surface area contributed by atoms with E-state index in [0.717, 1.165) is 27.8 Å². The van der Waals surface area contributed by atoms with Gasteiger partial charge < -0.3 is 4.43 Å². The molecule has 39 heavy (non-hydrogen) atoms. The minimum Gasteiger partial charge on any atom is -0.413 e. The van der Waals surface area contributed by atoms with Crippen LogP contribution >= 0.6 is 23.2 Å². The first kappa shape index (κ1) is 30.0. The zero-order valence-electron chi connectivity index (χ0n) is 23.4. The molecule has 4 nitrogen and oxygen atoms in total. The number of likely N-dealkylation sites (tertiary alicyclic amines) is 1. The van der Waals surface area contributed by atoms with Crippen LogP contribution in [0, 0.1) is 5.41 Å². The predicted octanol–water partition coefficient (Wildman–Crippen LogP) is 7.94. The van der Waals surface area contributed by atoms with Crippen LogP contribution < -0.4 is 0 Å². The van der Waals surface area contributed by atoms with E-state index in [0.29, 0.717) is 28.0 Å². The summed E-state index contributed by atoms with van der Waals surface area (Å²) < 4.78 is 32.8. The highest BCUT2D eigenvalue weighted by Gasteiger charge is 2.35. The van der Waals surface area contributed by atoms with Gasteiger partial charge in [0, 0.05) is 29.4 Å². The Labute approximate surface area is 245 Å². The summed E-state index contributed by atoms with van der Waals surface area (Å²) in [6.45, 7) is 11.9. The van der Waals surface area contributed by atoms with Gasteiger partial charge in [-0.05, 0) is 76.7 Å². The predicted molar refractivity (Wildman–Crippen MR) is 167 cm³/mol. The fraction of sp³-hybridized carbons (Fsp3) is 0.355. The van der Waals surface area contributed by atoms with Crippen LogP contribution in [-0.4, -0.2) is 41.7 Å². The Kier molecular flexibility index (Phi) is 9.16. The number of halogens is 2. The minimum atomic E-state index is -3.48. The molecule has 0 aliphatic carbocycles. The third kappa shape index (κ3) is 7.23. The molecule has 1 saturated heterocycles. The average molecular weight is 603 g/mol. The molecule has 1 unspecified atom stereocenters. The number of rotatable bonds is 8. The molecular weight excluding hydrogens is 565 g/mol. The lowest BCUT2D eigenvalue weighted by molar-refractivity contribution is 0.0866. The van der Waals surface area contributed by atoms with E-state index in [1.165, 1.54) is 6.26 Å². The largest absolute Gasteiger partial charge is 0.413 e. The molecular formula is C31H37Cl2NO3SSi. The van der Waals surface area contributed by atoms with Crippen molar-refractivity contribution in [1.29, 1.82) is 0 Å². The van der Waals surface area contributed by atoms with Crippen molar-refractivity contribution < 1.29 is 12.8 Å². The third-order valence-electron chi connectivity index (χ3n) is 6.86. The Hall–Kier alpha value is -1.93. The van der Waals surface area contributed by atoms with Gasteiger partial charge in [-0.2, -0.15) is 0 Å². The first-order valence-electron chi connectivity index (χ1n) is 13.2. The number of nitrogens with zero attached hydrogens (tertiary/aromatic N) is 1. The van der Waals surface area contributed by atoms with Gasteiger partial charge in [0.25, 0.3) is 0 Å². The number of hydrogen-bond donors (Lipinski definition) is 0. The van der Waals surface area contributed by atoms with E-state index in [2.05, 4.69) is 38.8 Å². The fourth-order valence-corrected chi connectivity index (χ4v) is 7.82. The Balaban J connectivity index is 1.72. The Morgan fingerprint density at radius 2 is 1.38 bits per heavy atom. The summed E-state index contributed by atoms with van der Waals surface area (Å²) in [6.07, 6.45) is 1.20. The Bertz CT molecular complexity index is 1390. The number of hydrogen-bond acceptors (Lipinski definition) is 4. The van der Waals surface area contributed by atoms with Crippen LogP contribution in [0.2, 0.25) is 23.1 Å². The Morgan fingerprint density at radius 1 is 0.872 bits per heavy atom. The second-order valence-corrected chi connectivity index (χ2v) is 16.9. The zero-order valence-corrected chi connectivity index (χ0v) is 26.9. The monoisotopic (exact) mass is 601 g/mol. The zero-order chi connectivity index (χ0) is 28.5. The summed E-state index contributed by atoms with van der Waals surface area (Å²) in [7, 11) is -4.81. The van der Waals surface area contributed by atoms with Gasteiger partial charge in [0.1, 0.15) is 0 Å². The summed E-state index contributed by atoms with van der Waals surface area (Å²) in [4.78, 5) is 2.70. The molecule has 1 fully saturated rings. The SMILES string of the molecule is C[SiH](C)OC(c1cccc(C(=C2CN(C(c3ccc(Cl)cc3)c3ccc(Cl)cc3)C2)S(C)(=O)=O)c1)C(C)(C)C. The van der Waals surface area contributed by atoms with E-state index >= 15 is 0 Å². The van der Waals surface area contributed by atoms with Gasteiger partial charge >= 0.3 is 0 Å². The van der Waals surface area contributed by atoms with E-state index in [1.807, 2.05) is 72.8 Å². The molecule has 3 aromatic rings. The summed E-state index contributed by atoms with van der Waals surface area (Å²) in [5.41, 5.74) is 4.71. The van der Waals surface area contributed by atoms with Gasteiger partial charge in [-0.1, -0.05) is 86.4 Å². The maximum Gasteiger partial charge on any atom is 0.176 e. The average Bonchev–Trinajstić information content (AvgIpc) is 2.81. The normalized spacial score (nSPS) is 15.5. The van der Waals surface area contributed by atoms with Crippen molar-refractivity contribution in [3.05, 3.63) is 111 Å². The molecule has 0 amide bonds. The van der Waals surface area contributed by atoms with Crippen LogP contribution in [0.4, 0.5) is 0 Å². The molecule has 0 aromatic heterocycles. The summed E-state index contributed by atoms with van der Waals surface area (Å²) >= 11 is 12.3. The maximum atomic E-state index is 13.2. The molecule has 1 heterocycles.